The Kier molecular flexibility index (Phi) is 4.76. The van der Waals surface area contributed by atoms with E-state index < -0.39 is 22.7 Å². The summed E-state index contributed by atoms with van der Waals surface area (Å²) in [6.07, 6.45) is 2.02. The van der Waals surface area contributed by atoms with Crippen LogP contribution in [0.4, 0.5) is 0 Å². The number of benzene rings is 1. The average Bonchev–Trinajstić information content (AvgIpc) is 2.46. The molecule has 114 valence electrons. The Morgan fingerprint density at radius 1 is 1.38 bits per heavy atom. The summed E-state index contributed by atoms with van der Waals surface area (Å²) in [7, 11) is -3.81. The zero-order valence-electron chi connectivity index (χ0n) is 11.6. The van der Waals surface area contributed by atoms with Crippen LogP contribution in [0.1, 0.15) is 11.1 Å². The molecular weight excluding hydrogens is 292 g/mol. The van der Waals surface area contributed by atoms with E-state index in [0.717, 1.165) is 15.4 Å². The summed E-state index contributed by atoms with van der Waals surface area (Å²) in [5.74, 6) is -1.18. The van der Waals surface area contributed by atoms with Gasteiger partial charge in [0.15, 0.2) is 0 Å². The Labute approximate surface area is 124 Å². The van der Waals surface area contributed by atoms with Gasteiger partial charge in [-0.3, -0.25) is 4.79 Å². The number of hydrogen-bond donors (Lipinski definition) is 1. The largest absolute Gasteiger partial charge is 0.480 e. The molecule has 0 aliphatic carbocycles. The summed E-state index contributed by atoms with van der Waals surface area (Å²) >= 11 is 0. The summed E-state index contributed by atoms with van der Waals surface area (Å²) < 4.78 is 27.4. The standard InChI is InChI=1S/C14H18N2O4S/c1-2-8-15(11-14(17)18)21(19,20)16-9-7-12-5-3-4-6-13(12)10-16/h2-6H,1,7-11H2,(H,17,18). The van der Waals surface area contributed by atoms with Crippen molar-refractivity contribution in [1.29, 1.82) is 0 Å². The fourth-order valence-corrected chi connectivity index (χ4v) is 3.88. The molecule has 1 heterocycles. The van der Waals surface area contributed by atoms with Crippen LogP contribution in [0.3, 0.4) is 0 Å². The van der Waals surface area contributed by atoms with E-state index in [2.05, 4.69) is 6.58 Å². The van der Waals surface area contributed by atoms with Gasteiger partial charge in [-0.05, 0) is 17.5 Å². The number of carboxylic acid groups (broad SMARTS) is 1. The van der Waals surface area contributed by atoms with Crippen molar-refractivity contribution in [3.8, 4) is 0 Å². The maximum absolute atomic E-state index is 12.6. The highest BCUT2D eigenvalue weighted by atomic mass is 32.2. The highest BCUT2D eigenvalue weighted by Crippen LogP contribution is 2.22. The van der Waals surface area contributed by atoms with Crippen molar-refractivity contribution in [3.05, 3.63) is 48.0 Å². The number of aliphatic carboxylic acids is 1. The first-order chi connectivity index (χ1) is 9.95. The normalized spacial score (nSPS) is 15.7. The zero-order chi connectivity index (χ0) is 15.5. The SMILES string of the molecule is C=CCN(CC(=O)O)S(=O)(=O)N1CCc2ccccc2C1. The molecular formula is C14H18N2O4S. The van der Waals surface area contributed by atoms with Gasteiger partial charge in [0, 0.05) is 19.6 Å². The summed E-state index contributed by atoms with van der Waals surface area (Å²) in [4.78, 5) is 10.9. The molecule has 0 bridgehead atoms. The molecule has 7 heteroatoms. The van der Waals surface area contributed by atoms with Crippen LogP contribution in [0.25, 0.3) is 0 Å². The third-order valence-electron chi connectivity index (χ3n) is 3.39. The van der Waals surface area contributed by atoms with E-state index in [1.54, 1.807) is 0 Å². The van der Waals surface area contributed by atoms with E-state index >= 15 is 0 Å². The predicted molar refractivity (Wildman–Crippen MR) is 78.9 cm³/mol. The molecule has 21 heavy (non-hydrogen) atoms. The second-order valence-corrected chi connectivity index (χ2v) is 6.76. The van der Waals surface area contributed by atoms with E-state index in [-0.39, 0.29) is 13.1 Å². The van der Waals surface area contributed by atoms with Gasteiger partial charge in [-0.25, -0.2) is 0 Å². The Bertz CT molecular complexity index is 642. The minimum Gasteiger partial charge on any atom is -0.480 e. The maximum atomic E-state index is 12.6. The zero-order valence-corrected chi connectivity index (χ0v) is 12.4. The molecule has 0 unspecified atom stereocenters. The molecule has 0 spiro atoms. The Morgan fingerprint density at radius 3 is 2.67 bits per heavy atom. The van der Waals surface area contributed by atoms with E-state index in [1.165, 1.54) is 10.4 Å². The van der Waals surface area contributed by atoms with Gasteiger partial charge in [-0.2, -0.15) is 17.0 Å². The number of carbonyl (C=O) groups is 1. The van der Waals surface area contributed by atoms with Crippen molar-refractivity contribution < 1.29 is 18.3 Å². The molecule has 6 nitrogen and oxygen atoms in total. The van der Waals surface area contributed by atoms with E-state index in [9.17, 15) is 13.2 Å². The second kappa shape index (κ2) is 6.38. The van der Waals surface area contributed by atoms with Crippen molar-refractivity contribution in [3.63, 3.8) is 0 Å². The van der Waals surface area contributed by atoms with Gasteiger partial charge < -0.3 is 5.11 Å². The predicted octanol–water partition coefficient (Wildman–Crippen LogP) is 0.862. The van der Waals surface area contributed by atoms with Crippen molar-refractivity contribution in [1.82, 2.24) is 8.61 Å². The molecule has 0 radical (unpaired) electrons. The Hall–Kier alpha value is -1.70. The molecule has 2 rings (SSSR count). The number of rotatable bonds is 6. The number of carboxylic acids is 1. The van der Waals surface area contributed by atoms with E-state index in [1.807, 2.05) is 24.3 Å². The second-order valence-electron chi connectivity index (χ2n) is 4.83. The van der Waals surface area contributed by atoms with Gasteiger partial charge in [0.1, 0.15) is 6.54 Å². The summed E-state index contributed by atoms with van der Waals surface area (Å²) in [6.45, 7) is 3.52. The summed E-state index contributed by atoms with van der Waals surface area (Å²) in [6, 6.07) is 7.68. The summed E-state index contributed by atoms with van der Waals surface area (Å²) in [5.41, 5.74) is 2.10. The monoisotopic (exact) mass is 310 g/mol. The minimum absolute atomic E-state index is 0.0211. The first-order valence-corrected chi connectivity index (χ1v) is 7.99. The van der Waals surface area contributed by atoms with Gasteiger partial charge >= 0.3 is 5.97 Å². The molecule has 0 saturated carbocycles. The maximum Gasteiger partial charge on any atom is 0.318 e. The Balaban J connectivity index is 2.23. The molecule has 1 aliphatic heterocycles. The topological polar surface area (TPSA) is 77.9 Å². The number of fused-ring (bicyclic) bond motifs is 1. The van der Waals surface area contributed by atoms with Crippen LogP contribution in [0, 0.1) is 0 Å². The number of hydrogen-bond acceptors (Lipinski definition) is 3. The van der Waals surface area contributed by atoms with Crippen molar-refractivity contribution in [2.24, 2.45) is 0 Å². The summed E-state index contributed by atoms with van der Waals surface area (Å²) in [5, 5.41) is 8.87. The van der Waals surface area contributed by atoms with Gasteiger partial charge in [-0.1, -0.05) is 30.3 Å². The first-order valence-electron chi connectivity index (χ1n) is 6.60. The molecule has 0 atom stereocenters. The quantitative estimate of drug-likeness (QED) is 0.791. The fraction of sp³-hybridized carbons (Fsp3) is 0.357. The third-order valence-corrected chi connectivity index (χ3v) is 5.29. The van der Waals surface area contributed by atoms with Crippen LogP contribution < -0.4 is 0 Å². The molecule has 0 fully saturated rings. The molecule has 1 N–H and O–H groups in total. The first kappa shape index (κ1) is 15.7. The minimum atomic E-state index is -3.81. The lowest BCUT2D eigenvalue weighted by atomic mass is 10.0. The average molecular weight is 310 g/mol. The van der Waals surface area contributed by atoms with Crippen LogP contribution in [-0.4, -0.2) is 47.7 Å². The molecule has 1 aromatic carbocycles. The molecule has 0 aromatic heterocycles. The Morgan fingerprint density at radius 2 is 2.05 bits per heavy atom. The van der Waals surface area contributed by atoms with Gasteiger partial charge in [0.2, 0.25) is 0 Å². The van der Waals surface area contributed by atoms with Gasteiger partial charge in [0.05, 0.1) is 0 Å². The lowest BCUT2D eigenvalue weighted by molar-refractivity contribution is -0.137. The highest BCUT2D eigenvalue weighted by Gasteiger charge is 2.32. The van der Waals surface area contributed by atoms with E-state index in [4.69, 9.17) is 5.11 Å². The van der Waals surface area contributed by atoms with Crippen LogP contribution in [-0.2, 0) is 28.0 Å². The van der Waals surface area contributed by atoms with Gasteiger partial charge in [-0.15, -0.1) is 6.58 Å². The lowest BCUT2D eigenvalue weighted by Gasteiger charge is -2.32. The molecule has 1 aliphatic rings. The van der Waals surface area contributed by atoms with Crippen LogP contribution in [0.15, 0.2) is 36.9 Å². The van der Waals surface area contributed by atoms with Crippen molar-refractivity contribution in [2.45, 2.75) is 13.0 Å². The van der Waals surface area contributed by atoms with Gasteiger partial charge in [0.25, 0.3) is 10.2 Å². The van der Waals surface area contributed by atoms with Crippen LogP contribution in [0.2, 0.25) is 0 Å². The smallest absolute Gasteiger partial charge is 0.318 e. The number of nitrogens with zero attached hydrogens (tertiary/aromatic N) is 2. The molecule has 1 aromatic rings. The van der Waals surface area contributed by atoms with Crippen LogP contribution in [0.5, 0.6) is 0 Å². The van der Waals surface area contributed by atoms with Crippen LogP contribution >= 0.6 is 0 Å². The van der Waals surface area contributed by atoms with E-state index in [0.29, 0.717) is 13.0 Å². The lowest BCUT2D eigenvalue weighted by Crippen LogP contribution is -2.47. The van der Waals surface area contributed by atoms with Crippen molar-refractivity contribution in [2.75, 3.05) is 19.6 Å². The molecule has 0 saturated heterocycles. The molecule has 0 amide bonds. The fourth-order valence-electron chi connectivity index (χ4n) is 2.37. The highest BCUT2D eigenvalue weighted by molar-refractivity contribution is 7.86. The third kappa shape index (κ3) is 3.49. The van der Waals surface area contributed by atoms with Crippen molar-refractivity contribution >= 4 is 16.2 Å².